The smallest absolute Gasteiger partial charge is 0.187 e. The molecule has 142 valence electrons. The molecule has 2 aliphatic rings. The summed E-state index contributed by atoms with van der Waals surface area (Å²) in [7, 11) is 0. The van der Waals surface area contributed by atoms with Crippen LogP contribution < -0.4 is 0 Å². The van der Waals surface area contributed by atoms with Crippen LogP contribution in [0.15, 0.2) is 0 Å². The van der Waals surface area contributed by atoms with Gasteiger partial charge < -0.3 is 55.1 Å². The second-order valence-corrected chi connectivity index (χ2v) is 5.86. The average molecular weight is 356 g/mol. The summed E-state index contributed by atoms with van der Waals surface area (Å²) < 4.78 is 15.7. The number of hydrogen-bond acceptors (Lipinski definition) is 11. The maximum atomic E-state index is 10.1. The molecule has 0 saturated carbocycles. The van der Waals surface area contributed by atoms with Crippen molar-refractivity contribution < 1.29 is 55.1 Å². The second-order valence-electron chi connectivity index (χ2n) is 5.86. The van der Waals surface area contributed by atoms with Crippen LogP contribution in [0.25, 0.3) is 0 Å². The van der Waals surface area contributed by atoms with E-state index in [1.165, 1.54) is 0 Å². The summed E-state index contributed by atoms with van der Waals surface area (Å²) in [6, 6.07) is 0. The lowest BCUT2D eigenvalue weighted by molar-refractivity contribution is -0.343. The van der Waals surface area contributed by atoms with Crippen molar-refractivity contribution in [2.45, 2.75) is 61.2 Å². The predicted octanol–water partition coefficient (Wildman–Crippen LogP) is -5.35. The largest absolute Gasteiger partial charge is 0.394 e. The molecule has 10 atom stereocenters. The molecule has 0 aromatic rings. The molecule has 24 heavy (non-hydrogen) atoms. The van der Waals surface area contributed by atoms with E-state index in [0.29, 0.717) is 0 Å². The van der Waals surface area contributed by atoms with Crippen LogP contribution in [0.3, 0.4) is 0 Å². The highest BCUT2D eigenvalue weighted by molar-refractivity contribution is 4.95. The molecule has 0 bridgehead atoms. The molecule has 0 spiro atoms. The van der Waals surface area contributed by atoms with E-state index in [9.17, 15) is 30.6 Å². The lowest BCUT2D eigenvalue weighted by Gasteiger charge is -2.45. The minimum atomic E-state index is -1.71. The number of aliphatic hydroxyl groups is 8. The first kappa shape index (κ1) is 19.9. The summed E-state index contributed by atoms with van der Waals surface area (Å²) in [6.45, 7) is -1.88. The van der Waals surface area contributed by atoms with Crippen LogP contribution in [0.4, 0.5) is 0 Å². The Labute approximate surface area is 137 Å². The van der Waals surface area contributed by atoms with Gasteiger partial charge in [0.15, 0.2) is 6.29 Å². The van der Waals surface area contributed by atoms with Gasteiger partial charge in [-0.3, -0.25) is 0 Å². The molecule has 2 aliphatic heterocycles. The maximum absolute atomic E-state index is 10.1. The Bertz CT molecular complexity index is 392. The van der Waals surface area contributed by atoms with Crippen molar-refractivity contribution >= 4 is 0 Å². The molecule has 2 rings (SSSR count). The zero-order valence-electron chi connectivity index (χ0n) is 12.7. The van der Waals surface area contributed by atoms with Crippen LogP contribution in [0.1, 0.15) is 0 Å². The minimum absolute atomic E-state index is 0.596. The van der Waals surface area contributed by atoms with Crippen molar-refractivity contribution in [3.63, 3.8) is 0 Å². The summed E-state index contributed by atoms with van der Waals surface area (Å²) in [5.41, 5.74) is 0. The fraction of sp³-hybridized carbons (Fsp3) is 1.00. The van der Waals surface area contributed by atoms with Gasteiger partial charge in [0.2, 0.25) is 0 Å². The van der Waals surface area contributed by atoms with Gasteiger partial charge in [-0.25, -0.2) is 0 Å². The second kappa shape index (κ2) is 8.29. The lowest BCUT2D eigenvalue weighted by Crippen LogP contribution is -2.64. The Morgan fingerprint density at radius 2 is 1.08 bits per heavy atom. The van der Waals surface area contributed by atoms with Crippen LogP contribution in [0, 0.1) is 0 Å². The van der Waals surface area contributed by atoms with Gasteiger partial charge in [0.05, 0.1) is 19.8 Å². The van der Waals surface area contributed by atoms with Crippen molar-refractivity contribution in [1.82, 2.24) is 0 Å². The van der Waals surface area contributed by atoms with E-state index in [2.05, 4.69) is 0 Å². The van der Waals surface area contributed by atoms with E-state index in [-0.39, 0.29) is 0 Å². The summed E-state index contributed by atoms with van der Waals surface area (Å²) in [4.78, 5) is 0. The van der Waals surface area contributed by atoms with Gasteiger partial charge >= 0.3 is 0 Å². The molecule has 11 nitrogen and oxygen atoms in total. The highest BCUT2D eigenvalue weighted by atomic mass is 16.7. The number of ether oxygens (including phenoxy) is 3. The Kier molecular flexibility index (Phi) is 6.87. The maximum Gasteiger partial charge on any atom is 0.187 e. The molecule has 0 radical (unpaired) electrons. The van der Waals surface area contributed by atoms with Crippen molar-refractivity contribution in [3.05, 3.63) is 0 Å². The Morgan fingerprint density at radius 1 is 0.583 bits per heavy atom. The van der Waals surface area contributed by atoms with Gasteiger partial charge in [-0.2, -0.15) is 0 Å². The average Bonchev–Trinajstić information content (AvgIpc) is 2.59. The van der Waals surface area contributed by atoms with Crippen LogP contribution >= 0.6 is 0 Å². The molecule has 8 unspecified atom stereocenters. The van der Waals surface area contributed by atoms with Crippen molar-refractivity contribution in [3.8, 4) is 0 Å². The van der Waals surface area contributed by atoms with Gasteiger partial charge in [-0.1, -0.05) is 0 Å². The zero-order chi connectivity index (χ0) is 18.0. The summed E-state index contributed by atoms with van der Waals surface area (Å²) in [6.07, 6.45) is -14.5. The summed E-state index contributed by atoms with van der Waals surface area (Å²) in [5.74, 6) is 0. The standard InChI is InChI=1S/C13H24O11/c14-1-4-8(18)10(20)12(6(3-16)22-4)24-13-11(21)9(19)7(17)5(2-15)23-13/h4-21H,1-3H2/t4?,5?,6?,7-,8?,9?,10?,11?,12-,13?/m0/s1. The molecule has 0 aromatic heterocycles. The predicted molar refractivity (Wildman–Crippen MR) is 73.5 cm³/mol. The van der Waals surface area contributed by atoms with Gasteiger partial charge in [0, 0.05) is 0 Å². The number of rotatable bonds is 5. The Hall–Kier alpha value is -0.440. The van der Waals surface area contributed by atoms with Crippen molar-refractivity contribution in [2.24, 2.45) is 0 Å². The summed E-state index contributed by atoms with van der Waals surface area (Å²) >= 11 is 0. The van der Waals surface area contributed by atoms with E-state index in [1.54, 1.807) is 0 Å². The van der Waals surface area contributed by atoms with Crippen molar-refractivity contribution in [1.29, 1.82) is 0 Å². The van der Waals surface area contributed by atoms with E-state index in [4.69, 9.17) is 24.4 Å². The highest BCUT2D eigenvalue weighted by Gasteiger charge is 2.50. The first-order valence-electron chi connectivity index (χ1n) is 7.55. The van der Waals surface area contributed by atoms with Crippen LogP contribution in [0.2, 0.25) is 0 Å². The van der Waals surface area contributed by atoms with Gasteiger partial charge in [-0.05, 0) is 0 Å². The fourth-order valence-electron chi connectivity index (χ4n) is 2.82. The van der Waals surface area contributed by atoms with Gasteiger partial charge in [0.1, 0.15) is 54.9 Å². The third-order valence-corrected chi connectivity index (χ3v) is 4.28. The third kappa shape index (κ3) is 3.71. The minimum Gasteiger partial charge on any atom is -0.394 e. The molecule has 11 heteroatoms. The van der Waals surface area contributed by atoms with Gasteiger partial charge in [0.25, 0.3) is 0 Å². The molecule has 2 heterocycles. The molecule has 8 N–H and O–H groups in total. The molecule has 2 fully saturated rings. The van der Waals surface area contributed by atoms with Crippen LogP contribution in [0.5, 0.6) is 0 Å². The molecular weight excluding hydrogens is 332 g/mol. The van der Waals surface area contributed by atoms with E-state index >= 15 is 0 Å². The zero-order valence-corrected chi connectivity index (χ0v) is 12.7. The SMILES string of the molecule is OCC1OC(CO)[C@H](OC2OC(CO)[C@H](O)C(O)C2O)C(O)C1O. The lowest BCUT2D eigenvalue weighted by atomic mass is 9.94. The first-order chi connectivity index (χ1) is 11.3. The molecule has 0 aliphatic carbocycles. The third-order valence-electron chi connectivity index (χ3n) is 4.28. The highest BCUT2D eigenvalue weighted by Crippen LogP contribution is 2.28. The van der Waals surface area contributed by atoms with Crippen molar-refractivity contribution in [2.75, 3.05) is 19.8 Å². The fourth-order valence-corrected chi connectivity index (χ4v) is 2.82. The Morgan fingerprint density at radius 3 is 1.62 bits per heavy atom. The van der Waals surface area contributed by atoms with E-state index < -0.39 is 81.0 Å². The topological polar surface area (TPSA) is 190 Å². The Balaban J connectivity index is 2.12. The van der Waals surface area contributed by atoms with Crippen LogP contribution in [-0.2, 0) is 14.2 Å². The van der Waals surface area contributed by atoms with E-state index in [0.717, 1.165) is 0 Å². The molecular formula is C13H24O11. The van der Waals surface area contributed by atoms with Crippen LogP contribution in [-0.4, -0.2) is 122 Å². The summed E-state index contributed by atoms with van der Waals surface area (Å²) in [5, 5.41) is 77.0. The normalized spacial score (nSPS) is 50.0. The number of hydrogen-bond donors (Lipinski definition) is 8. The molecule has 0 aromatic carbocycles. The molecule has 2 saturated heterocycles. The van der Waals surface area contributed by atoms with E-state index in [1.807, 2.05) is 0 Å². The van der Waals surface area contributed by atoms with Gasteiger partial charge in [-0.15, -0.1) is 0 Å². The molecule has 0 amide bonds. The number of aliphatic hydroxyl groups excluding tert-OH is 8. The monoisotopic (exact) mass is 356 g/mol. The quantitative estimate of drug-likeness (QED) is 0.235. The first-order valence-corrected chi connectivity index (χ1v) is 7.55.